The standard InChI is InChI=1S/C20H13ClN2O3S/c21-16-7-5-13(6-8-16)17-12-27-20(23-17)15(10-22)9-14-3-1-2-4-18(14)26-11-19(24)25/h1-9,12H,11H2,(H,24,25)/b15-9-. The van der Waals surface area contributed by atoms with Crippen molar-refractivity contribution in [2.75, 3.05) is 6.61 Å². The maximum Gasteiger partial charge on any atom is 0.341 e. The van der Waals surface area contributed by atoms with E-state index >= 15 is 0 Å². The van der Waals surface area contributed by atoms with Crippen LogP contribution in [0.15, 0.2) is 53.9 Å². The minimum absolute atomic E-state index is 0.367. The smallest absolute Gasteiger partial charge is 0.341 e. The van der Waals surface area contributed by atoms with Gasteiger partial charge in [0.05, 0.1) is 11.3 Å². The van der Waals surface area contributed by atoms with E-state index < -0.39 is 12.6 Å². The number of rotatable bonds is 6. The van der Waals surface area contributed by atoms with E-state index in [-0.39, 0.29) is 0 Å². The summed E-state index contributed by atoms with van der Waals surface area (Å²) >= 11 is 7.26. The molecule has 3 aromatic rings. The van der Waals surface area contributed by atoms with E-state index in [1.807, 2.05) is 17.5 Å². The number of allylic oxidation sites excluding steroid dienone is 1. The highest BCUT2D eigenvalue weighted by molar-refractivity contribution is 7.11. The molecule has 0 spiro atoms. The fourth-order valence-corrected chi connectivity index (χ4v) is 3.24. The van der Waals surface area contributed by atoms with Gasteiger partial charge >= 0.3 is 5.97 Å². The molecular formula is C20H13ClN2O3S. The van der Waals surface area contributed by atoms with Crippen LogP contribution in [0.4, 0.5) is 0 Å². The maximum atomic E-state index is 10.7. The molecule has 1 N–H and O–H groups in total. The number of carbonyl (C=O) groups is 1. The Kier molecular flexibility index (Phi) is 5.87. The van der Waals surface area contributed by atoms with E-state index in [4.69, 9.17) is 21.4 Å². The Morgan fingerprint density at radius 2 is 2.00 bits per heavy atom. The number of hydrogen-bond donors (Lipinski definition) is 1. The second kappa shape index (κ2) is 8.49. The van der Waals surface area contributed by atoms with E-state index in [0.717, 1.165) is 11.3 Å². The van der Waals surface area contributed by atoms with Crippen LogP contribution in [0.5, 0.6) is 5.75 Å². The summed E-state index contributed by atoms with van der Waals surface area (Å²) in [7, 11) is 0. The van der Waals surface area contributed by atoms with Crippen molar-refractivity contribution in [3.63, 3.8) is 0 Å². The molecule has 0 aliphatic rings. The summed E-state index contributed by atoms with van der Waals surface area (Å²) in [5, 5.41) is 21.4. The largest absolute Gasteiger partial charge is 0.481 e. The van der Waals surface area contributed by atoms with E-state index in [9.17, 15) is 10.1 Å². The zero-order chi connectivity index (χ0) is 19.2. The first-order chi connectivity index (χ1) is 13.1. The molecule has 0 aliphatic carbocycles. The molecule has 0 aliphatic heterocycles. The van der Waals surface area contributed by atoms with Crippen molar-refractivity contribution >= 4 is 40.6 Å². The van der Waals surface area contributed by atoms with E-state index in [1.54, 1.807) is 42.5 Å². The summed E-state index contributed by atoms with van der Waals surface area (Å²) in [4.78, 5) is 15.3. The molecule has 1 heterocycles. The number of aromatic nitrogens is 1. The Labute approximate surface area is 164 Å². The molecule has 3 rings (SSSR count). The van der Waals surface area contributed by atoms with Crippen molar-refractivity contribution in [1.82, 2.24) is 4.98 Å². The molecule has 0 amide bonds. The van der Waals surface area contributed by atoms with E-state index in [1.165, 1.54) is 11.3 Å². The van der Waals surface area contributed by atoms with Crippen LogP contribution in [0.25, 0.3) is 22.9 Å². The lowest BCUT2D eigenvalue weighted by molar-refractivity contribution is -0.139. The number of nitrogens with zero attached hydrogens (tertiary/aromatic N) is 2. The average Bonchev–Trinajstić information content (AvgIpc) is 3.15. The van der Waals surface area contributed by atoms with Gasteiger partial charge in [-0.3, -0.25) is 0 Å². The predicted octanol–water partition coefficient (Wildman–Crippen LogP) is 4.99. The van der Waals surface area contributed by atoms with Crippen LogP contribution in [0, 0.1) is 11.3 Å². The Balaban J connectivity index is 1.91. The van der Waals surface area contributed by atoms with Crippen LogP contribution in [0.2, 0.25) is 5.02 Å². The summed E-state index contributed by atoms with van der Waals surface area (Å²) in [5.41, 5.74) is 2.64. The van der Waals surface area contributed by atoms with Crippen molar-refractivity contribution in [2.45, 2.75) is 0 Å². The molecule has 5 nitrogen and oxygen atoms in total. The number of para-hydroxylation sites is 1. The summed E-state index contributed by atoms with van der Waals surface area (Å²) in [6.45, 7) is -0.454. The van der Waals surface area contributed by atoms with Gasteiger partial charge in [0.2, 0.25) is 0 Å². The third-order valence-corrected chi connectivity index (χ3v) is 4.69. The van der Waals surface area contributed by atoms with Crippen molar-refractivity contribution in [3.05, 3.63) is 69.5 Å². The molecule has 0 saturated carbocycles. The van der Waals surface area contributed by atoms with Crippen molar-refractivity contribution < 1.29 is 14.6 Å². The normalized spacial score (nSPS) is 11.0. The summed E-state index contributed by atoms with van der Waals surface area (Å²) in [6.07, 6.45) is 1.64. The first-order valence-electron chi connectivity index (χ1n) is 7.84. The van der Waals surface area contributed by atoms with Gasteiger partial charge in [0, 0.05) is 21.5 Å². The molecule has 0 saturated heterocycles. The number of ether oxygens (including phenoxy) is 1. The fourth-order valence-electron chi connectivity index (χ4n) is 2.32. The molecule has 7 heteroatoms. The van der Waals surface area contributed by atoms with Crippen molar-refractivity contribution in [1.29, 1.82) is 5.26 Å². The van der Waals surface area contributed by atoms with Gasteiger partial charge in [0.25, 0.3) is 0 Å². The van der Waals surface area contributed by atoms with Crippen molar-refractivity contribution in [2.24, 2.45) is 0 Å². The fraction of sp³-hybridized carbons (Fsp3) is 0.0500. The van der Waals surface area contributed by atoms with Crippen LogP contribution in [-0.2, 0) is 4.79 Å². The number of benzene rings is 2. The number of nitriles is 1. The highest BCUT2D eigenvalue weighted by Crippen LogP contribution is 2.29. The van der Waals surface area contributed by atoms with Gasteiger partial charge in [0.1, 0.15) is 16.8 Å². The minimum Gasteiger partial charge on any atom is -0.481 e. The maximum absolute atomic E-state index is 10.7. The van der Waals surface area contributed by atoms with Gasteiger partial charge in [-0.15, -0.1) is 11.3 Å². The first-order valence-corrected chi connectivity index (χ1v) is 9.10. The summed E-state index contributed by atoms with van der Waals surface area (Å²) in [6, 6.07) is 16.4. The first kappa shape index (κ1) is 18.6. The molecular weight excluding hydrogens is 384 g/mol. The van der Waals surface area contributed by atoms with Gasteiger partial charge in [-0.1, -0.05) is 41.9 Å². The molecule has 0 radical (unpaired) electrons. The lowest BCUT2D eigenvalue weighted by Crippen LogP contribution is -2.09. The average molecular weight is 397 g/mol. The SMILES string of the molecule is N#C/C(=C/c1ccccc1OCC(=O)O)c1nc(-c2ccc(Cl)cc2)cs1. The van der Waals surface area contributed by atoms with Gasteiger partial charge < -0.3 is 9.84 Å². The van der Waals surface area contributed by atoms with Crippen LogP contribution >= 0.6 is 22.9 Å². The summed E-state index contributed by atoms with van der Waals surface area (Å²) in [5.74, 6) is -0.677. The van der Waals surface area contributed by atoms with Gasteiger partial charge in [0.15, 0.2) is 6.61 Å². The number of thiazole rings is 1. The molecule has 0 unspecified atom stereocenters. The Hall–Kier alpha value is -3.14. The van der Waals surface area contributed by atoms with Crippen molar-refractivity contribution in [3.8, 4) is 23.1 Å². The van der Waals surface area contributed by atoms with Crippen LogP contribution in [0.3, 0.4) is 0 Å². The topological polar surface area (TPSA) is 83.2 Å². The Bertz CT molecular complexity index is 1040. The predicted molar refractivity (Wildman–Crippen MR) is 106 cm³/mol. The summed E-state index contributed by atoms with van der Waals surface area (Å²) < 4.78 is 5.28. The van der Waals surface area contributed by atoms with Gasteiger partial charge in [-0.05, 0) is 24.3 Å². The Morgan fingerprint density at radius 3 is 2.70 bits per heavy atom. The van der Waals surface area contributed by atoms with Gasteiger partial charge in [-0.25, -0.2) is 9.78 Å². The minimum atomic E-state index is -1.07. The number of hydrogen-bond acceptors (Lipinski definition) is 5. The third kappa shape index (κ3) is 4.73. The molecule has 0 fully saturated rings. The zero-order valence-corrected chi connectivity index (χ0v) is 15.5. The third-order valence-electron chi connectivity index (χ3n) is 3.57. The highest BCUT2D eigenvalue weighted by Gasteiger charge is 2.11. The molecule has 2 aromatic carbocycles. The lowest BCUT2D eigenvalue weighted by Gasteiger charge is -2.07. The van der Waals surface area contributed by atoms with E-state index in [0.29, 0.717) is 26.9 Å². The van der Waals surface area contributed by atoms with Crippen LogP contribution in [0.1, 0.15) is 10.6 Å². The molecule has 0 bridgehead atoms. The molecule has 1 aromatic heterocycles. The van der Waals surface area contributed by atoms with E-state index in [2.05, 4.69) is 11.1 Å². The van der Waals surface area contributed by atoms with Crippen LogP contribution in [-0.4, -0.2) is 22.7 Å². The highest BCUT2D eigenvalue weighted by atomic mass is 35.5. The Morgan fingerprint density at radius 1 is 1.26 bits per heavy atom. The second-order valence-electron chi connectivity index (χ2n) is 5.43. The second-order valence-corrected chi connectivity index (χ2v) is 6.73. The number of carboxylic acid groups (broad SMARTS) is 1. The molecule has 27 heavy (non-hydrogen) atoms. The lowest BCUT2D eigenvalue weighted by atomic mass is 10.1. The zero-order valence-electron chi connectivity index (χ0n) is 13.9. The number of aliphatic carboxylic acids is 1. The van der Waals surface area contributed by atoms with Gasteiger partial charge in [-0.2, -0.15) is 5.26 Å². The van der Waals surface area contributed by atoms with Crippen LogP contribution < -0.4 is 4.74 Å². The quantitative estimate of drug-likeness (QED) is 0.593. The number of carboxylic acids is 1. The molecule has 0 atom stereocenters. The number of halogens is 1. The monoisotopic (exact) mass is 396 g/mol. The molecule has 134 valence electrons.